The Morgan fingerprint density at radius 3 is 2.96 bits per heavy atom. The van der Waals surface area contributed by atoms with E-state index < -0.39 is 0 Å². The summed E-state index contributed by atoms with van der Waals surface area (Å²) < 4.78 is 8.03. The highest BCUT2D eigenvalue weighted by molar-refractivity contribution is 7.17. The number of amides is 1. The molecule has 7 nitrogen and oxygen atoms in total. The molecule has 0 bridgehead atoms. The third-order valence-corrected chi connectivity index (χ3v) is 5.67. The molecule has 1 N–H and O–H groups in total. The summed E-state index contributed by atoms with van der Waals surface area (Å²) in [5.74, 6) is 0.148. The molecule has 2 heterocycles. The average molecular weight is 414 g/mol. The van der Waals surface area contributed by atoms with Crippen molar-refractivity contribution in [3.05, 3.63) is 64.3 Å². The molecular formula is C19H16ClN5O2S. The Morgan fingerprint density at radius 1 is 1.32 bits per heavy atom. The highest BCUT2D eigenvalue weighted by Gasteiger charge is 2.17. The fourth-order valence-corrected chi connectivity index (χ4v) is 4.22. The van der Waals surface area contributed by atoms with Crippen LogP contribution in [0, 0.1) is 0 Å². The minimum absolute atomic E-state index is 0.249. The van der Waals surface area contributed by atoms with Gasteiger partial charge in [0, 0.05) is 17.3 Å². The van der Waals surface area contributed by atoms with E-state index in [-0.39, 0.29) is 5.91 Å². The molecule has 0 unspecified atom stereocenters. The van der Waals surface area contributed by atoms with Crippen LogP contribution in [0.5, 0.6) is 5.75 Å². The minimum Gasteiger partial charge on any atom is -0.496 e. The van der Waals surface area contributed by atoms with Gasteiger partial charge in [0.2, 0.25) is 0 Å². The number of thiophene rings is 1. The van der Waals surface area contributed by atoms with Gasteiger partial charge in [-0.25, -0.2) is 0 Å². The molecule has 0 aliphatic heterocycles. The number of tetrazole rings is 1. The van der Waals surface area contributed by atoms with E-state index in [0.717, 1.165) is 6.42 Å². The molecule has 0 fully saturated rings. The second-order valence-electron chi connectivity index (χ2n) is 6.02. The number of hydrogen-bond acceptors (Lipinski definition) is 6. The van der Waals surface area contributed by atoms with Crippen LogP contribution < -0.4 is 10.1 Å². The predicted octanol–water partition coefficient (Wildman–Crippen LogP) is 3.51. The number of halogens is 1. The van der Waals surface area contributed by atoms with Crippen molar-refractivity contribution in [3.8, 4) is 11.4 Å². The molecule has 0 spiro atoms. The van der Waals surface area contributed by atoms with Crippen LogP contribution in [-0.4, -0.2) is 39.8 Å². The first-order valence-electron chi connectivity index (χ1n) is 8.51. The second kappa shape index (κ2) is 7.95. The van der Waals surface area contributed by atoms with Gasteiger partial charge in [0.05, 0.1) is 23.4 Å². The summed E-state index contributed by atoms with van der Waals surface area (Å²) in [7, 11) is 1.50. The zero-order valence-electron chi connectivity index (χ0n) is 14.9. The van der Waals surface area contributed by atoms with Gasteiger partial charge in [-0.15, -0.1) is 16.4 Å². The van der Waals surface area contributed by atoms with Crippen molar-refractivity contribution < 1.29 is 9.53 Å². The third kappa shape index (κ3) is 3.56. The summed E-state index contributed by atoms with van der Waals surface area (Å²) in [6.45, 7) is 0.509. The zero-order valence-corrected chi connectivity index (χ0v) is 16.5. The Hall–Kier alpha value is -2.97. The van der Waals surface area contributed by atoms with E-state index in [1.54, 1.807) is 23.5 Å². The third-order valence-electron chi connectivity index (χ3n) is 4.35. The van der Waals surface area contributed by atoms with Gasteiger partial charge in [0.25, 0.3) is 5.91 Å². The molecule has 28 heavy (non-hydrogen) atoms. The van der Waals surface area contributed by atoms with Crippen LogP contribution in [0.4, 0.5) is 0 Å². The van der Waals surface area contributed by atoms with Gasteiger partial charge in [0.15, 0.2) is 0 Å². The summed E-state index contributed by atoms with van der Waals surface area (Å²) in [5.41, 5.74) is 2.12. The van der Waals surface area contributed by atoms with Crippen molar-refractivity contribution in [2.75, 3.05) is 13.7 Å². The van der Waals surface area contributed by atoms with Crippen molar-refractivity contribution >= 4 is 38.9 Å². The number of fused-ring (bicyclic) bond motifs is 1. The Kier molecular flexibility index (Phi) is 5.23. The zero-order chi connectivity index (χ0) is 19.5. The number of benzene rings is 2. The summed E-state index contributed by atoms with van der Waals surface area (Å²) in [6.07, 6.45) is 2.17. The van der Waals surface area contributed by atoms with Gasteiger partial charge in [-0.3, -0.25) is 4.79 Å². The van der Waals surface area contributed by atoms with Gasteiger partial charge >= 0.3 is 0 Å². The van der Waals surface area contributed by atoms with E-state index in [0.29, 0.717) is 28.6 Å². The monoisotopic (exact) mass is 413 g/mol. The molecule has 0 aliphatic rings. The van der Waals surface area contributed by atoms with Crippen LogP contribution in [0.3, 0.4) is 0 Å². The number of carbonyl (C=O) groups excluding carboxylic acids is 1. The van der Waals surface area contributed by atoms with Gasteiger partial charge in [-0.1, -0.05) is 29.8 Å². The molecule has 0 saturated heterocycles. The number of hydrogen-bond donors (Lipinski definition) is 1. The quantitative estimate of drug-likeness (QED) is 0.523. The Balaban J connectivity index is 1.49. The molecule has 0 radical (unpaired) electrons. The standard InChI is InChI=1S/C19H16ClN5O2S/c1-27-17-9-16(25-11-22-23-24-25)15(20)8-14(17)19(26)21-7-6-12-10-28-18-5-3-2-4-13(12)18/h2-5,8-11H,6-7H2,1H3,(H,21,26). The SMILES string of the molecule is COc1cc(-n2cnnn2)c(Cl)cc1C(=O)NCCc1csc2ccccc12. The van der Waals surface area contributed by atoms with Gasteiger partial charge in [0.1, 0.15) is 12.1 Å². The first-order valence-corrected chi connectivity index (χ1v) is 9.77. The van der Waals surface area contributed by atoms with E-state index >= 15 is 0 Å². The molecule has 9 heteroatoms. The maximum Gasteiger partial charge on any atom is 0.255 e. The molecule has 0 aliphatic carbocycles. The van der Waals surface area contributed by atoms with Gasteiger partial charge < -0.3 is 10.1 Å². The molecule has 0 atom stereocenters. The molecule has 4 aromatic rings. The lowest BCUT2D eigenvalue weighted by molar-refractivity contribution is 0.0951. The van der Waals surface area contributed by atoms with Gasteiger partial charge in [-0.2, -0.15) is 4.68 Å². The lowest BCUT2D eigenvalue weighted by atomic mass is 10.1. The highest BCUT2D eigenvalue weighted by atomic mass is 35.5. The molecule has 1 amide bonds. The summed E-state index contributed by atoms with van der Waals surface area (Å²) in [5, 5.41) is 17.7. The van der Waals surface area contributed by atoms with Crippen molar-refractivity contribution in [1.29, 1.82) is 0 Å². The fraction of sp³-hybridized carbons (Fsp3) is 0.158. The van der Waals surface area contributed by atoms with Crippen molar-refractivity contribution in [2.24, 2.45) is 0 Å². The molecule has 4 rings (SSSR count). The van der Waals surface area contributed by atoms with Gasteiger partial charge in [-0.05, 0) is 45.3 Å². The van der Waals surface area contributed by atoms with E-state index in [2.05, 4.69) is 38.4 Å². The van der Waals surface area contributed by atoms with E-state index in [9.17, 15) is 4.79 Å². The minimum atomic E-state index is -0.249. The number of nitrogens with zero attached hydrogens (tertiary/aromatic N) is 4. The molecule has 0 saturated carbocycles. The first kappa shape index (κ1) is 18.4. The molecule has 2 aromatic carbocycles. The van der Waals surface area contributed by atoms with Crippen LogP contribution >= 0.6 is 22.9 Å². The lowest BCUT2D eigenvalue weighted by Gasteiger charge is -2.12. The number of aromatic nitrogens is 4. The topological polar surface area (TPSA) is 81.9 Å². The summed E-state index contributed by atoms with van der Waals surface area (Å²) in [6, 6.07) is 11.5. The number of nitrogens with one attached hydrogen (secondary N) is 1. The number of ether oxygens (including phenoxy) is 1. The van der Waals surface area contributed by atoms with Crippen LogP contribution in [0.1, 0.15) is 15.9 Å². The number of carbonyl (C=O) groups is 1. The van der Waals surface area contributed by atoms with E-state index in [1.165, 1.54) is 33.8 Å². The van der Waals surface area contributed by atoms with Crippen molar-refractivity contribution in [2.45, 2.75) is 6.42 Å². The largest absolute Gasteiger partial charge is 0.496 e. The molecule has 2 aromatic heterocycles. The normalized spacial score (nSPS) is 10.9. The van der Waals surface area contributed by atoms with Crippen LogP contribution in [0.2, 0.25) is 5.02 Å². The number of methoxy groups -OCH3 is 1. The molecule has 142 valence electrons. The average Bonchev–Trinajstić information content (AvgIpc) is 3.38. The highest BCUT2D eigenvalue weighted by Crippen LogP contribution is 2.29. The maximum absolute atomic E-state index is 12.7. The number of rotatable bonds is 6. The fourth-order valence-electron chi connectivity index (χ4n) is 2.97. The maximum atomic E-state index is 12.7. The summed E-state index contributed by atoms with van der Waals surface area (Å²) in [4.78, 5) is 12.7. The van der Waals surface area contributed by atoms with Crippen molar-refractivity contribution in [3.63, 3.8) is 0 Å². The van der Waals surface area contributed by atoms with Crippen LogP contribution in [0.15, 0.2) is 48.1 Å². The Morgan fingerprint density at radius 2 is 2.18 bits per heavy atom. The summed E-state index contributed by atoms with van der Waals surface area (Å²) >= 11 is 8.03. The lowest BCUT2D eigenvalue weighted by Crippen LogP contribution is -2.26. The first-order chi connectivity index (χ1) is 13.7. The predicted molar refractivity (Wildman–Crippen MR) is 109 cm³/mol. The van der Waals surface area contributed by atoms with E-state index in [1.807, 2.05) is 12.1 Å². The van der Waals surface area contributed by atoms with Crippen LogP contribution in [0.25, 0.3) is 15.8 Å². The Bertz CT molecular complexity index is 1130. The smallest absolute Gasteiger partial charge is 0.255 e. The Labute approximate surface area is 169 Å². The molecular weight excluding hydrogens is 398 g/mol. The van der Waals surface area contributed by atoms with Crippen LogP contribution in [-0.2, 0) is 6.42 Å². The van der Waals surface area contributed by atoms with Crippen molar-refractivity contribution in [1.82, 2.24) is 25.5 Å². The second-order valence-corrected chi connectivity index (χ2v) is 7.34. The van der Waals surface area contributed by atoms with E-state index in [4.69, 9.17) is 16.3 Å².